The number of amides is 4. The third-order valence-electron chi connectivity index (χ3n) is 27.0. The van der Waals surface area contributed by atoms with Gasteiger partial charge in [-0.05, 0) is 144 Å². The number of pyridine rings is 4. The summed E-state index contributed by atoms with van der Waals surface area (Å²) in [6.07, 6.45) is 23.3. The fourth-order valence-electron chi connectivity index (χ4n) is 18.3. The molecule has 4 aliphatic carbocycles. The maximum Gasteiger partial charge on any atom is 0.278 e. The Labute approximate surface area is 819 Å². The molecule has 143 heavy (non-hydrogen) atoms. The Balaban J connectivity index is 0.000000137. The van der Waals surface area contributed by atoms with Crippen molar-refractivity contribution in [2.75, 3.05) is 158 Å². The molecule has 14 N–H and O–H groups in total. The van der Waals surface area contributed by atoms with Crippen LogP contribution in [0, 0.1) is 11.2 Å². The first-order valence-electron chi connectivity index (χ1n) is 47.9. The van der Waals surface area contributed by atoms with Gasteiger partial charge in [-0.2, -0.15) is 38.5 Å². The number of methoxy groups -OCH3 is 3. The maximum absolute atomic E-state index is 14.3. The van der Waals surface area contributed by atoms with Crippen molar-refractivity contribution >= 4 is 116 Å². The van der Waals surface area contributed by atoms with Crippen molar-refractivity contribution in [1.82, 2.24) is 108 Å². The average Bonchev–Trinajstić information content (AvgIpc) is 1.63. The van der Waals surface area contributed by atoms with E-state index in [1.54, 1.807) is 151 Å². The number of nitrogens with zero attached hydrogens (tertiary/aromatic N) is 18. The van der Waals surface area contributed by atoms with E-state index >= 15 is 0 Å². The number of anilines is 12. The van der Waals surface area contributed by atoms with Crippen LogP contribution in [0.5, 0.6) is 0 Å². The zero-order chi connectivity index (χ0) is 101. The molecule has 14 heterocycles. The Kier molecular flexibility index (Phi) is 32.2. The summed E-state index contributed by atoms with van der Waals surface area (Å²) >= 11 is 0. The lowest BCUT2D eigenvalue weighted by Crippen LogP contribution is -2.51. The van der Waals surface area contributed by atoms with Crippen molar-refractivity contribution in [2.45, 2.75) is 158 Å². The second-order valence-electron chi connectivity index (χ2n) is 36.7. The van der Waals surface area contributed by atoms with Crippen LogP contribution in [-0.4, -0.2) is 278 Å². The topological polar surface area (TPSA) is 496 Å². The number of aliphatic hydroxyl groups excluding tert-OH is 2. The molecule has 46 heteroatoms. The monoisotopic (exact) mass is 1970 g/mol. The van der Waals surface area contributed by atoms with E-state index in [9.17, 15) is 61.7 Å². The van der Waals surface area contributed by atoms with E-state index in [4.69, 9.17) is 14.2 Å². The van der Waals surface area contributed by atoms with Crippen LogP contribution < -0.4 is 86.0 Å². The summed E-state index contributed by atoms with van der Waals surface area (Å²) in [4.78, 5) is 127. The van der Waals surface area contributed by atoms with E-state index in [0.717, 1.165) is 90.3 Å². The van der Waals surface area contributed by atoms with Gasteiger partial charge in [-0.25, -0.2) is 33.1 Å². The SMILES string of the molecule is CNc1cc(Nc2cccn(-c3ccccc3F)c2=O)nc2c(C(=O)N[C@H]3CC[C@@H]3O)cnn12.CNc1cc(Nc2cccn(C3CCN(CCF)CC3)c2=O)nc2c(C(=O)NC3CCC3OC)cnn12.CNc1cc(Nc2cccn([C@H]3CCC[C@H](OC)C3)c2=O)nc2c(C(=O)NCC(C)(C)CO)cnn12.CNc1cc(Nc2cccn([C@H]3CCN(CCF)C3)c2=O)nc2c(C(=O)NC3CCC3OC)cnn12. The van der Waals surface area contributed by atoms with Crippen LogP contribution >= 0.6 is 0 Å². The number of hydrogen-bond donors (Lipinski definition) is 14. The molecule has 4 saturated carbocycles. The number of piperidine rings is 1. The summed E-state index contributed by atoms with van der Waals surface area (Å²) in [5, 5.41) is 72.7. The summed E-state index contributed by atoms with van der Waals surface area (Å²) in [6, 6.07) is 26.4. The van der Waals surface area contributed by atoms with E-state index in [2.05, 4.69) is 109 Å². The van der Waals surface area contributed by atoms with Crippen molar-refractivity contribution in [3.8, 4) is 5.69 Å². The van der Waals surface area contributed by atoms with Crippen LogP contribution in [0.1, 0.15) is 157 Å². The molecular formula is C97H121F3N30O13. The smallest absolute Gasteiger partial charge is 0.278 e. The lowest BCUT2D eigenvalue weighted by atomic mass is 9.89. The van der Waals surface area contributed by atoms with Gasteiger partial charge in [-0.3, -0.25) is 47.8 Å². The summed E-state index contributed by atoms with van der Waals surface area (Å²) in [5.74, 6) is 2.06. The largest absolute Gasteiger partial charge is 0.396 e. The molecular weight excluding hydrogens is 1850 g/mol. The predicted molar refractivity (Wildman–Crippen MR) is 535 cm³/mol. The fraction of sp³-hybridized carbons (Fsp3) is 0.443. The molecule has 9 atom stereocenters. The van der Waals surface area contributed by atoms with Crippen LogP contribution in [0.25, 0.3) is 28.3 Å². The second kappa shape index (κ2) is 45.5. The van der Waals surface area contributed by atoms with Gasteiger partial charge < -0.3 is 107 Å². The molecule has 2 aliphatic heterocycles. The molecule has 0 radical (unpaired) electrons. The number of rotatable bonds is 33. The zero-order valence-corrected chi connectivity index (χ0v) is 81.0. The highest BCUT2D eigenvalue weighted by Gasteiger charge is 2.38. The Morgan fingerprint density at radius 3 is 1.23 bits per heavy atom. The molecule has 19 rings (SSSR count). The normalized spacial score (nSPS) is 19.5. The van der Waals surface area contributed by atoms with E-state index in [0.29, 0.717) is 136 Å². The zero-order valence-electron chi connectivity index (χ0n) is 81.0. The van der Waals surface area contributed by atoms with E-state index in [-0.39, 0.29) is 125 Å². The minimum absolute atomic E-state index is 0.0121. The van der Waals surface area contributed by atoms with E-state index < -0.39 is 35.5 Å². The number of benzene rings is 1. The van der Waals surface area contributed by atoms with Crippen LogP contribution in [0.3, 0.4) is 0 Å². The third kappa shape index (κ3) is 22.6. The molecule has 12 aromatic heterocycles. The summed E-state index contributed by atoms with van der Waals surface area (Å²) < 4.78 is 68.5. The molecule has 0 bridgehead atoms. The van der Waals surface area contributed by atoms with E-state index in [1.807, 2.05) is 43.1 Å². The van der Waals surface area contributed by atoms with Gasteiger partial charge in [0.2, 0.25) is 0 Å². The highest BCUT2D eigenvalue weighted by molar-refractivity contribution is 6.02. The molecule has 6 fully saturated rings. The Hall–Kier alpha value is -14.7. The van der Waals surface area contributed by atoms with Gasteiger partial charge in [0.1, 0.15) is 111 Å². The average molecular weight is 1970 g/mol. The fourth-order valence-corrected chi connectivity index (χ4v) is 18.3. The lowest BCUT2D eigenvalue weighted by Gasteiger charge is -2.35. The molecule has 43 nitrogen and oxygen atoms in total. The summed E-state index contributed by atoms with van der Waals surface area (Å²) in [6.45, 7) is 6.96. The third-order valence-corrected chi connectivity index (χ3v) is 27.0. The number of ether oxygens (including phenoxy) is 3. The maximum atomic E-state index is 14.3. The molecule has 758 valence electrons. The van der Waals surface area contributed by atoms with Gasteiger partial charge in [0.15, 0.2) is 22.6 Å². The minimum atomic E-state index is -0.557. The summed E-state index contributed by atoms with van der Waals surface area (Å²) in [7, 11) is 11.9. The quantitative estimate of drug-likeness (QED) is 0.0183. The van der Waals surface area contributed by atoms with Crippen molar-refractivity contribution in [3.05, 3.63) is 216 Å². The summed E-state index contributed by atoms with van der Waals surface area (Å²) in [5.41, 5.74) is 2.61. The van der Waals surface area contributed by atoms with Gasteiger partial charge in [-0.1, -0.05) is 26.0 Å². The lowest BCUT2D eigenvalue weighted by molar-refractivity contribution is 0.00731. The molecule has 0 spiro atoms. The van der Waals surface area contributed by atoms with Crippen molar-refractivity contribution in [3.63, 3.8) is 0 Å². The Morgan fingerprint density at radius 2 is 0.839 bits per heavy atom. The van der Waals surface area contributed by atoms with Gasteiger partial charge in [0.05, 0.1) is 79.1 Å². The number of likely N-dealkylation sites (tertiary alicyclic amines) is 2. The van der Waals surface area contributed by atoms with Crippen LogP contribution in [-0.2, 0) is 14.2 Å². The van der Waals surface area contributed by atoms with Crippen molar-refractivity contribution < 1.29 is 56.8 Å². The highest BCUT2D eigenvalue weighted by atomic mass is 19.1. The molecule has 6 aliphatic rings. The van der Waals surface area contributed by atoms with Crippen molar-refractivity contribution in [2.24, 2.45) is 5.41 Å². The Morgan fingerprint density at radius 1 is 0.448 bits per heavy atom. The second-order valence-corrected chi connectivity index (χ2v) is 36.7. The molecule has 4 unspecified atom stereocenters. The van der Waals surface area contributed by atoms with Gasteiger partial charge in [0, 0.05) is 168 Å². The van der Waals surface area contributed by atoms with E-state index in [1.165, 1.54) is 56.7 Å². The first-order valence-corrected chi connectivity index (χ1v) is 47.9. The molecule has 4 amide bonds. The van der Waals surface area contributed by atoms with Gasteiger partial charge in [-0.15, -0.1) is 0 Å². The van der Waals surface area contributed by atoms with Gasteiger partial charge in [0.25, 0.3) is 45.9 Å². The van der Waals surface area contributed by atoms with Crippen LogP contribution in [0.15, 0.2) is 166 Å². The number of fused-ring (bicyclic) bond motifs is 4. The van der Waals surface area contributed by atoms with Crippen molar-refractivity contribution in [1.29, 1.82) is 0 Å². The number of alkyl halides is 2. The molecule has 2 saturated heterocycles. The number of halogens is 3. The first kappa shape index (κ1) is 101. The van der Waals surface area contributed by atoms with Crippen LogP contribution in [0.2, 0.25) is 0 Å². The Bertz CT molecular complexity index is 6990. The number of hydrogen-bond acceptors (Lipinski definition) is 31. The number of nitrogens with one attached hydrogen (secondary N) is 12. The molecule has 13 aromatic rings. The number of carbonyl (C=O) groups excluding carboxylic acids is 4. The minimum Gasteiger partial charge on any atom is -0.396 e. The standard InChI is InChI=1S/C25H33FN8O3.C25H35N7O4.C24H31FN8O3.C23H22FN7O3/c1-27-22-14-21(31-23-17(15-28-34(22)23)24(35)30-18-5-6-20(18)37-2)29-19-4-3-10-33(25(19)36)16-7-11-32(12-8-16)13-9-26;1-25(2,15-33)14-27-23(34)18-13-28-32-21(26-3)12-20(30-22(18)32)29-19-9-6-10-31(24(19)35)16-7-5-8-17(11-16)36-4;1-26-21-12-20(28-18-4-3-9-32(24(18)35)15-7-10-31(14-15)11-8-25)30-22-16(13-27-33(21)22)23(34)29-17-5-6-19(17)36-2;1-25-20-11-19(27-16-6-4-10-30(23(16)34)17-7-3-2-5-14(17)24)29-21-13(12-26-31(20)21)22(33)28-15-8-9-18(15)32/h3-4,10,14-16,18,20,27H,5-9,11-13H2,1-2H3,(H,29,31)(H,30,35);6,9-10,12-13,16-17,26,33H,5,7-8,11,14-15H2,1-4H3,(H,27,34)(H,29,30);3-4,9,12-13,15,17,19,26H,5-8,10-11,14H2,1-2H3,(H,28,30)(H,29,34);2-7,10-12,15,18,25,32H,8-9H2,1H3,(H,27,29)(H,28,33)/t;16-,17-;15-,17?,19?;15-,18-/m.000/s1. The predicted octanol–water partition coefficient (Wildman–Crippen LogP) is 8.60. The molecule has 1 aromatic carbocycles. The number of aliphatic hydroxyl groups is 2. The number of carbonyl (C=O) groups is 4. The first-order chi connectivity index (χ1) is 69.2. The number of para-hydroxylation sites is 1. The number of aromatic nitrogens is 16. The highest BCUT2D eigenvalue weighted by Crippen LogP contribution is 2.34. The van der Waals surface area contributed by atoms with Crippen LogP contribution in [0.4, 0.5) is 82.5 Å². The van der Waals surface area contributed by atoms with Gasteiger partial charge >= 0.3 is 0 Å².